The number of rotatable bonds is 4. The third kappa shape index (κ3) is 6.29. The monoisotopic (exact) mass is 194 g/mol. The van der Waals surface area contributed by atoms with Crippen molar-refractivity contribution in [2.24, 2.45) is 0 Å². The quantitative estimate of drug-likeness (QED) is 0.618. The lowest BCUT2D eigenvalue weighted by atomic mass is 11.3. The third-order valence-corrected chi connectivity index (χ3v) is 5.93. The van der Waals surface area contributed by atoms with E-state index in [-0.39, 0.29) is 12.4 Å². The molecular formula is C6H15ClOSi2. The van der Waals surface area contributed by atoms with Crippen LogP contribution in [0, 0.1) is 0 Å². The highest BCUT2D eigenvalue weighted by Crippen LogP contribution is 2.02. The van der Waals surface area contributed by atoms with Gasteiger partial charge in [0.05, 0.1) is 0 Å². The maximum Gasteiger partial charge on any atom is 0.197 e. The Balaban J connectivity index is 0. The molecule has 1 nitrogen and oxygen atoms in total. The summed E-state index contributed by atoms with van der Waals surface area (Å²) in [6, 6.07) is 0. The second-order valence-corrected chi connectivity index (χ2v) is 8.09. The summed E-state index contributed by atoms with van der Waals surface area (Å²) in [7, 11) is -1.88. The summed E-state index contributed by atoms with van der Waals surface area (Å²) in [6.07, 6.45) is 0. The van der Waals surface area contributed by atoms with Crippen molar-refractivity contribution in [3.8, 4) is 0 Å². The van der Waals surface area contributed by atoms with E-state index in [1.807, 2.05) is 11.4 Å². The fourth-order valence-electron chi connectivity index (χ4n) is 0.333. The number of halogens is 1. The molecule has 0 saturated carbocycles. The lowest BCUT2D eigenvalue weighted by Gasteiger charge is -2.16. The van der Waals surface area contributed by atoms with Crippen molar-refractivity contribution < 1.29 is 4.12 Å². The van der Waals surface area contributed by atoms with E-state index in [0.717, 1.165) is 0 Å². The second-order valence-electron chi connectivity index (χ2n) is 2.41. The van der Waals surface area contributed by atoms with Crippen LogP contribution in [0.25, 0.3) is 0 Å². The average Bonchev–Trinajstić information content (AvgIpc) is 1.84. The van der Waals surface area contributed by atoms with E-state index in [1.165, 1.54) is 0 Å². The minimum absolute atomic E-state index is 0. The summed E-state index contributed by atoms with van der Waals surface area (Å²) in [5, 5.41) is 0. The van der Waals surface area contributed by atoms with Gasteiger partial charge in [-0.25, -0.2) is 0 Å². The van der Waals surface area contributed by atoms with Gasteiger partial charge in [-0.1, -0.05) is 11.4 Å². The van der Waals surface area contributed by atoms with E-state index >= 15 is 0 Å². The predicted octanol–water partition coefficient (Wildman–Crippen LogP) is 1.58. The van der Waals surface area contributed by atoms with E-state index in [2.05, 4.69) is 26.3 Å². The van der Waals surface area contributed by atoms with Gasteiger partial charge in [-0.05, 0) is 13.1 Å². The molecule has 0 atom stereocenters. The fourth-order valence-corrected chi connectivity index (χ4v) is 2.99. The summed E-state index contributed by atoms with van der Waals surface area (Å²) in [5.41, 5.74) is 3.85. The molecule has 0 aromatic heterocycles. The molecule has 0 radical (unpaired) electrons. The van der Waals surface area contributed by atoms with E-state index in [4.69, 9.17) is 4.12 Å². The molecule has 0 unspecified atom stereocenters. The van der Waals surface area contributed by atoms with Crippen LogP contribution in [0.15, 0.2) is 24.6 Å². The predicted molar refractivity (Wildman–Crippen MR) is 54.8 cm³/mol. The van der Waals surface area contributed by atoms with Crippen molar-refractivity contribution in [3.05, 3.63) is 24.6 Å². The van der Waals surface area contributed by atoms with Crippen molar-refractivity contribution in [2.45, 2.75) is 13.1 Å². The van der Waals surface area contributed by atoms with Crippen molar-refractivity contribution >= 4 is 30.5 Å². The zero-order valence-corrected chi connectivity index (χ0v) is 9.82. The Hall–Kier alpha value is 0.164. The van der Waals surface area contributed by atoms with Gasteiger partial charge in [0.2, 0.25) is 0 Å². The standard InChI is InChI=1S/C6H14OSi2.ClH/c1-5-8-7-9(3,4)6-2;/h5-6H,1-2,8H2,3-4H3;1H. The van der Waals surface area contributed by atoms with E-state index < -0.39 is 18.1 Å². The van der Waals surface area contributed by atoms with Crippen LogP contribution in [-0.2, 0) is 4.12 Å². The second kappa shape index (κ2) is 5.91. The van der Waals surface area contributed by atoms with Gasteiger partial charge in [-0.15, -0.1) is 25.6 Å². The van der Waals surface area contributed by atoms with Crippen molar-refractivity contribution in [3.63, 3.8) is 0 Å². The molecule has 0 aliphatic carbocycles. The van der Waals surface area contributed by atoms with Gasteiger partial charge >= 0.3 is 0 Å². The first-order chi connectivity index (χ1) is 4.12. The Labute approximate surface area is 72.7 Å². The molecule has 0 fully saturated rings. The molecule has 10 heavy (non-hydrogen) atoms. The van der Waals surface area contributed by atoms with Gasteiger partial charge in [0.15, 0.2) is 18.1 Å². The number of hydrogen-bond acceptors (Lipinski definition) is 1. The van der Waals surface area contributed by atoms with Crippen LogP contribution in [0.1, 0.15) is 0 Å². The molecular weight excluding hydrogens is 180 g/mol. The summed E-state index contributed by atoms with van der Waals surface area (Å²) in [6.45, 7) is 11.6. The van der Waals surface area contributed by atoms with Gasteiger partial charge in [-0.3, -0.25) is 0 Å². The van der Waals surface area contributed by atoms with Crippen molar-refractivity contribution in [1.29, 1.82) is 0 Å². The molecule has 0 N–H and O–H groups in total. The minimum atomic E-state index is -1.44. The van der Waals surface area contributed by atoms with Crippen LogP contribution in [0.3, 0.4) is 0 Å². The van der Waals surface area contributed by atoms with Crippen LogP contribution in [-0.4, -0.2) is 18.1 Å². The normalized spacial score (nSPS) is 11.0. The molecule has 0 aliphatic heterocycles. The Kier molecular flexibility index (Phi) is 7.57. The Morgan fingerprint density at radius 1 is 1.40 bits per heavy atom. The SMILES string of the molecule is C=C[SiH2]O[Si](C)(C)C=C.Cl. The largest absolute Gasteiger partial charge is 0.454 e. The number of hydrogen-bond donors (Lipinski definition) is 0. The van der Waals surface area contributed by atoms with E-state index in [9.17, 15) is 0 Å². The summed E-state index contributed by atoms with van der Waals surface area (Å²) >= 11 is 0. The lowest BCUT2D eigenvalue weighted by Crippen LogP contribution is -2.28. The zero-order chi connectivity index (χ0) is 7.33. The molecule has 0 bridgehead atoms. The summed E-state index contributed by atoms with van der Waals surface area (Å²) < 4.78 is 5.57. The summed E-state index contributed by atoms with van der Waals surface area (Å²) in [5.74, 6) is 0. The van der Waals surface area contributed by atoms with Gasteiger partial charge in [-0.2, -0.15) is 0 Å². The van der Waals surface area contributed by atoms with Crippen LogP contribution in [0.2, 0.25) is 13.1 Å². The zero-order valence-electron chi connectivity index (χ0n) is 6.59. The van der Waals surface area contributed by atoms with Crippen LogP contribution in [0.5, 0.6) is 0 Å². The van der Waals surface area contributed by atoms with Crippen molar-refractivity contribution in [2.75, 3.05) is 0 Å². The molecule has 0 aliphatic rings. The highest BCUT2D eigenvalue weighted by atomic mass is 35.5. The first kappa shape index (κ1) is 12.8. The lowest BCUT2D eigenvalue weighted by molar-refractivity contribution is 0.614. The molecule has 0 amide bonds. The molecule has 0 rings (SSSR count). The van der Waals surface area contributed by atoms with Gasteiger partial charge in [0.25, 0.3) is 0 Å². The van der Waals surface area contributed by atoms with E-state index in [1.54, 1.807) is 0 Å². The Morgan fingerprint density at radius 2 is 1.90 bits per heavy atom. The first-order valence-electron chi connectivity index (χ1n) is 3.01. The highest BCUT2D eigenvalue weighted by molar-refractivity contribution is 6.80. The first-order valence-corrected chi connectivity index (χ1v) is 7.39. The molecule has 4 heteroatoms. The van der Waals surface area contributed by atoms with Crippen LogP contribution in [0.4, 0.5) is 0 Å². The molecule has 0 aromatic rings. The Bertz CT molecular complexity index is 114. The third-order valence-electron chi connectivity index (χ3n) is 1.06. The highest BCUT2D eigenvalue weighted by Gasteiger charge is 2.14. The average molecular weight is 195 g/mol. The maximum atomic E-state index is 5.57. The van der Waals surface area contributed by atoms with Gasteiger partial charge in [0, 0.05) is 0 Å². The topological polar surface area (TPSA) is 9.23 Å². The fraction of sp³-hybridized carbons (Fsp3) is 0.333. The molecule has 60 valence electrons. The van der Waals surface area contributed by atoms with Gasteiger partial charge < -0.3 is 4.12 Å². The van der Waals surface area contributed by atoms with Crippen molar-refractivity contribution in [1.82, 2.24) is 0 Å². The molecule has 0 aromatic carbocycles. The molecule has 0 spiro atoms. The minimum Gasteiger partial charge on any atom is -0.454 e. The van der Waals surface area contributed by atoms with Crippen LogP contribution < -0.4 is 0 Å². The Morgan fingerprint density at radius 3 is 2.20 bits per heavy atom. The smallest absolute Gasteiger partial charge is 0.197 e. The van der Waals surface area contributed by atoms with E-state index in [0.29, 0.717) is 0 Å². The molecule has 0 heterocycles. The van der Waals surface area contributed by atoms with Gasteiger partial charge in [0.1, 0.15) is 0 Å². The summed E-state index contributed by atoms with van der Waals surface area (Å²) in [4.78, 5) is 0. The maximum absolute atomic E-state index is 5.57. The molecule has 0 saturated heterocycles. The van der Waals surface area contributed by atoms with Crippen LogP contribution >= 0.6 is 12.4 Å².